The van der Waals surface area contributed by atoms with E-state index in [4.69, 9.17) is 21.6 Å². The molecule has 0 aliphatic heterocycles. The fourth-order valence-corrected chi connectivity index (χ4v) is 1.70. The van der Waals surface area contributed by atoms with Crippen molar-refractivity contribution < 1.29 is 9.53 Å². The topological polar surface area (TPSA) is 50.1 Å². The maximum atomic E-state index is 11.6. The van der Waals surface area contributed by atoms with Crippen molar-refractivity contribution in [3.8, 4) is 6.07 Å². The number of halogens is 1. The van der Waals surface area contributed by atoms with Gasteiger partial charge in [-0.15, -0.1) is 24.2 Å². The molecule has 0 saturated heterocycles. The number of thiol groups is 1. The van der Waals surface area contributed by atoms with Gasteiger partial charge in [0, 0.05) is 10.8 Å². The Kier molecular flexibility index (Phi) is 4.66. The van der Waals surface area contributed by atoms with Gasteiger partial charge >= 0.3 is 5.97 Å². The van der Waals surface area contributed by atoms with Crippen LogP contribution in [0.25, 0.3) is 0 Å². The number of hydrogen-bond donors (Lipinski definition) is 1. The summed E-state index contributed by atoms with van der Waals surface area (Å²) in [5.74, 6) is -0.297. The molecule has 0 N–H and O–H groups in total. The van der Waals surface area contributed by atoms with Gasteiger partial charge in [-0.25, -0.2) is 4.79 Å². The predicted molar refractivity (Wildman–Crippen MR) is 63.9 cm³/mol. The van der Waals surface area contributed by atoms with Gasteiger partial charge in [-0.2, -0.15) is 5.26 Å². The summed E-state index contributed by atoms with van der Waals surface area (Å²) in [5.41, 5.74) is 1.34. The number of esters is 1. The molecule has 1 rings (SSSR count). The molecule has 0 saturated carbocycles. The number of nitriles is 1. The van der Waals surface area contributed by atoms with E-state index in [-0.39, 0.29) is 5.88 Å². The molecule has 16 heavy (non-hydrogen) atoms. The zero-order valence-electron chi connectivity index (χ0n) is 8.66. The lowest BCUT2D eigenvalue weighted by Gasteiger charge is -2.08. The summed E-state index contributed by atoms with van der Waals surface area (Å²) in [5, 5.41) is 8.81. The summed E-state index contributed by atoms with van der Waals surface area (Å²) in [6.07, 6.45) is 0. The third-order valence-corrected chi connectivity index (χ3v) is 2.64. The van der Waals surface area contributed by atoms with Gasteiger partial charge < -0.3 is 4.74 Å². The molecule has 3 nitrogen and oxygen atoms in total. The van der Waals surface area contributed by atoms with Crippen molar-refractivity contribution in [3.63, 3.8) is 0 Å². The van der Waals surface area contributed by atoms with Gasteiger partial charge in [0.05, 0.1) is 17.7 Å². The summed E-state index contributed by atoms with van der Waals surface area (Å²) >= 11 is 9.84. The molecule has 0 unspecified atom stereocenters. The average Bonchev–Trinajstić information content (AvgIpc) is 2.29. The summed E-state index contributed by atoms with van der Waals surface area (Å²) in [6.45, 7) is 2.02. The minimum absolute atomic E-state index is 0.150. The maximum absolute atomic E-state index is 11.6. The highest BCUT2D eigenvalue weighted by molar-refractivity contribution is 7.80. The highest BCUT2D eigenvalue weighted by atomic mass is 35.5. The second kappa shape index (κ2) is 5.78. The lowest BCUT2D eigenvalue weighted by Crippen LogP contribution is -2.08. The molecule has 0 heterocycles. The fourth-order valence-electron chi connectivity index (χ4n) is 1.23. The van der Waals surface area contributed by atoms with E-state index in [0.717, 1.165) is 0 Å². The third kappa shape index (κ3) is 2.69. The zero-order valence-corrected chi connectivity index (χ0v) is 10.3. The van der Waals surface area contributed by atoms with Crippen LogP contribution in [0.15, 0.2) is 17.0 Å². The largest absolute Gasteiger partial charge is 0.462 e. The Morgan fingerprint density at radius 1 is 1.62 bits per heavy atom. The molecule has 5 heteroatoms. The van der Waals surface area contributed by atoms with E-state index in [1.165, 1.54) is 6.07 Å². The molecule has 0 aliphatic carbocycles. The van der Waals surface area contributed by atoms with E-state index >= 15 is 0 Å². The van der Waals surface area contributed by atoms with Gasteiger partial charge in [0.1, 0.15) is 6.07 Å². The molecule has 0 fully saturated rings. The molecular weight excluding hydrogens is 246 g/mol. The van der Waals surface area contributed by atoms with Crippen LogP contribution in [0.2, 0.25) is 0 Å². The SMILES string of the molecule is CCOC(=O)c1cc(S)c(C#N)cc1CCl. The Balaban J connectivity index is 3.24. The first-order valence-electron chi connectivity index (χ1n) is 4.63. The lowest BCUT2D eigenvalue weighted by atomic mass is 10.1. The monoisotopic (exact) mass is 255 g/mol. The van der Waals surface area contributed by atoms with Gasteiger partial charge in [-0.1, -0.05) is 0 Å². The van der Waals surface area contributed by atoms with Crippen molar-refractivity contribution in [2.24, 2.45) is 0 Å². The summed E-state index contributed by atoms with van der Waals surface area (Å²) in [6, 6.07) is 5.05. The van der Waals surface area contributed by atoms with Crippen LogP contribution in [-0.4, -0.2) is 12.6 Å². The number of ether oxygens (including phenoxy) is 1. The highest BCUT2D eigenvalue weighted by Crippen LogP contribution is 2.22. The fraction of sp³-hybridized carbons (Fsp3) is 0.273. The smallest absolute Gasteiger partial charge is 0.338 e. The van der Waals surface area contributed by atoms with Crippen molar-refractivity contribution >= 4 is 30.2 Å². The number of carbonyl (C=O) groups is 1. The van der Waals surface area contributed by atoms with Crippen LogP contribution in [0.5, 0.6) is 0 Å². The molecular formula is C11H10ClNO2S. The van der Waals surface area contributed by atoms with Crippen LogP contribution < -0.4 is 0 Å². The van der Waals surface area contributed by atoms with Crippen molar-refractivity contribution in [2.45, 2.75) is 17.7 Å². The van der Waals surface area contributed by atoms with Gasteiger partial charge in [-0.3, -0.25) is 0 Å². The van der Waals surface area contributed by atoms with Crippen molar-refractivity contribution in [3.05, 3.63) is 28.8 Å². The molecule has 0 aliphatic rings. The Bertz CT molecular complexity index is 454. The number of hydrogen-bond acceptors (Lipinski definition) is 4. The molecule has 0 aromatic heterocycles. The molecule has 0 radical (unpaired) electrons. The highest BCUT2D eigenvalue weighted by Gasteiger charge is 2.14. The van der Waals surface area contributed by atoms with Gasteiger partial charge in [0.25, 0.3) is 0 Å². The molecule has 84 valence electrons. The van der Waals surface area contributed by atoms with E-state index in [9.17, 15) is 4.79 Å². The standard InChI is InChI=1S/C11H10ClNO2S/c1-2-15-11(14)9-4-10(16)8(6-13)3-7(9)5-12/h3-4,16H,2,5H2,1H3. The van der Waals surface area contributed by atoms with Crippen LogP contribution >= 0.6 is 24.2 Å². The van der Waals surface area contributed by atoms with Gasteiger partial charge in [0.15, 0.2) is 0 Å². The van der Waals surface area contributed by atoms with Crippen LogP contribution in [0.4, 0.5) is 0 Å². The van der Waals surface area contributed by atoms with Crippen molar-refractivity contribution in [1.29, 1.82) is 5.26 Å². The molecule has 0 atom stereocenters. The van der Waals surface area contributed by atoms with Crippen LogP contribution in [0.3, 0.4) is 0 Å². The quantitative estimate of drug-likeness (QED) is 0.513. The number of carbonyl (C=O) groups excluding carboxylic acids is 1. The Hall–Kier alpha value is -1.18. The summed E-state index contributed by atoms with van der Waals surface area (Å²) < 4.78 is 4.88. The molecule has 0 spiro atoms. The Morgan fingerprint density at radius 3 is 2.81 bits per heavy atom. The van der Waals surface area contributed by atoms with Crippen molar-refractivity contribution in [1.82, 2.24) is 0 Å². The zero-order chi connectivity index (χ0) is 12.1. The molecule has 1 aromatic rings. The Labute approximate surface area is 104 Å². The minimum Gasteiger partial charge on any atom is -0.462 e. The van der Waals surface area contributed by atoms with E-state index in [1.807, 2.05) is 6.07 Å². The number of rotatable bonds is 3. The average molecular weight is 256 g/mol. The second-order valence-corrected chi connectivity index (χ2v) is 3.74. The van der Waals surface area contributed by atoms with Crippen LogP contribution in [0.1, 0.15) is 28.4 Å². The van der Waals surface area contributed by atoms with Crippen LogP contribution in [-0.2, 0) is 10.6 Å². The van der Waals surface area contributed by atoms with Gasteiger partial charge in [0.2, 0.25) is 0 Å². The first kappa shape index (κ1) is 12.9. The molecule has 0 amide bonds. The summed E-state index contributed by atoms with van der Waals surface area (Å²) in [7, 11) is 0. The number of benzene rings is 1. The molecule has 1 aromatic carbocycles. The number of nitrogens with zero attached hydrogens (tertiary/aromatic N) is 1. The van der Waals surface area contributed by atoms with E-state index in [0.29, 0.717) is 28.2 Å². The normalized spacial score (nSPS) is 9.62. The van der Waals surface area contributed by atoms with E-state index in [2.05, 4.69) is 12.6 Å². The maximum Gasteiger partial charge on any atom is 0.338 e. The predicted octanol–water partition coefficient (Wildman–Crippen LogP) is 2.76. The number of alkyl halides is 1. The third-order valence-electron chi connectivity index (χ3n) is 1.98. The summed E-state index contributed by atoms with van der Waals surface area (Å²) in [4.78, 5) is 12.0. The lowest BCUT2D eigenvalue weighted by molar-refractivity contribution is 0.0525. The first-order valence-corrected chi connectivity index (χ1v) is 5.61. The van der Waals surface area contributed by atoms with Gasteiger partial charge in [-0.05, 0) is 24.6 Å². The van der Waals surface area contributed by atoms with Crippen molar-refractivity contribution in [2.75, 3.05) is 6.61 Å². The Morgan fingerprint density at radius 2 is 2.31 bits per heavy atom. The first-order chi connectivity index (χ1) is 7.63. The molecule has 0 bridgehead atoms. The second-order valence-electron chi connectivity index (χ2n) is 2.99. The minimum atomic E-state index is -0.446. The van der Waals surface area contributed by atoms with E-state index < -0.39 is 5.97 Å². The van der Waals surface area contributed by atoms with Crippen LogP contribution in [0, 0.1) is 11.3 Å². The van der Waals surface area contributed by atoms with E-state index in [1.54, 1.807) is 13.0 Å².